The molecule has 0 radical (unpaired) electrons. The molecular weight excluding hydrogens is 198 g/mol. The van der Waals surface area contributed by atoms with Crippen LogP contribution < -0.4 is 0 Å². The highest BCUT2D eigenvalue weighted by atomic mass is 16.6. The predicted octanol–water partition coefficient (Wildman–Crippen LogP) is 1.36. The monoisotopic (exact) mass is 205 g/mol. The van der Waals surface area contributed by atoms with Gasteiger partial charge in [-0.1, -0.05) is 0 Å². The summed E-state index contributed by atoms with van der Waals surface area (Å²) in [7, 11) is 0. The molecule has 0 spiro atoms. The van der Waals surface area contributed by atoms with Gasteiger partial charge in [0.2, 0.25) is 5.65 Å². The van der Waals surface area contributed by atoms with Gasteiger partial charge < -0.3 is 0 Å². The number of nitro groups is 1. The minimum absolute atomic E-state index is 0.103. The van der Waals surface area contributed by atoms with Crippen LogP contribution in [0.2, 0.25) is 0 Å². The second kappa shape index (κ2) is 3.16. The Morgan fingerprint density at radius 2 is 2.33 bits per heavy atom. The third kappa shape index (κ3) is 1.26. The summed E-state index contributed by atoms with van der Waals surface area (Å²) >= 11 is 0. The lowest BCUT2D eigenvalue weighted by Crippen LogP contribution is -1.95. The standard InChI is InChI=1S/C9H7N3O3/c1-6-8(5-13)11-4-2-3-7(12(14)15)9(11)10-6/h2-5H,1H3. The zero-order chi connectivity index (χ0) is 11.0. The number of aldehydes is 1. The van der Waals surface area contributed by atoms with Crippen molar-refractivity contribution in [1.82, 2.24) is 9.38 Å². The number of fused-ring (bicyclic) bond motifs is 1. The van der Waals surface area contributed by atoms with E-state index < -0.39 is 4.92 Å². The van der Waals surface area contributed by atoms with Gasteiger partial charge >= 0.3 is 5.69 Å². The van der Waals surface area contributed by atoms with Crippen LogP contribution in [-0.2, 0) is 0 Å². The summed E-state index contributed by atoms with van der Waals surface area (Å²) < 4.78 is 1.42. The average Bonchev–Trinajstić information content (AvgIpc) is 2.52. The fourth-order valence-corrected chi connectivity index (χ4v) is 1.47. The molecule has 15 heavy (non-hydrogen) atoms. The molecule has 76 valence electrons. The summed E-state index contributed by atoms with van der Waals surface area (Å²) in [6.45, 7) is 1.64. The first-order chi connectivity index (χ1) is 7.15. The van der Waals surface area contributed by atoms with E-state index in [-0.39, 0.29) is 11.3 Å². The van der Waals surface area contributed by atoms with Crippen molar-refractivity contribution in [2.45, 2.75) is 6.92 Å². The Morgan fingerprint density at radius 1 is 1.60 bits per heavy atom. The lowest BCUT2D eigenvalue weighted by molar-refractivity contribution is -0.383. The smallest absolute Gasteiger partial charge is 0.296 e. The molecule has 0 aliphatic carbocycles. The summed E-state index contributed by atoms with van der Waals surface area (Å²) in [5.74, 6) is 0. The predicted molar refractivity (Wildman–Crippen MR) is 52.0 cm³/mol. The summed E-state index contributed by atoms with van der Waals surface area (Å²) in [6, 6.07) is 2.87. The van der Waals surface area contributed by atoms with Crippen LogP contribution in [-0.4, -0.2) is 20.6 Å². The lowest BCUT2D eigenvalue weighted by atomic mass is 10.4. The first-order valence-electron chi connectivity index (χ1n) is 4.22. The highest BCUT2D eigenvalue weighted by Crippen LogP contribution is 2.20. The number of aromatic nitrogens is 2. The number of hydrogen-bond donors (Lipinski definition) is 0. The molecule has 0 aliphatic heterocycles. The van der Waals surface area contributed by atoms with Gasteiger partial charge in [0.1, 0.15) is 5.69 Å². The molecule has 0 unspecified atom stereocenters. The Bertz CT molecular complexity index is 559. The van der Waals surface area contributed by atoms with Crippen molar-refractivity contribution in [3.05, 3.63) is 39.8 Å². The Balaban J connectivity index is 2.89. The largest absolute Gasteiger partial charge is 0.312 e. The van der Waals surface area contributed by atoms with E-state index in [1.165, 1.54) is 16.5 Å². The van der Waals surface area contributed by atoms with Crippen molar-refractivity contribution >= 4 is 17.6 Å². The van der Waals surface area contributed by atoms with E-state index in [2.05, 4.69) is 4.98 Å². The van der Waals surface area contributed by atoms with E-state index in [0.717, 1.165) is 0 Å². The van der Waals surface area contributed by atoms with Gasteiger partial charge in [-0.3, -0.25) is 19.3 Å². The van der Waals surface area contributed by atoms with Crippen molar-refractivity contribution in [2.75, 3.05) is 0 Å². The van der Waals surface area contributed by atoms with Gasteiger partial charge in [-0.2, -0.15) is 0 Å². The Kier molecular flexibility index (Phi) is 1.96. The maximum absolute atomic E-state index is 10.8. The van der Waals surface area contributed by atoms with Crippen LogP contribution in [0.5, 0.6) is 0 Å². The van der Waals surface area contributed by atoms with Gasteiger partial charge in [0.25, 0.3) is 0 Å². The van der Waals surface area contributed by atoms with Crippen LogP contribution in [0, 0.1) is 17.0 Å². The van der Waals surface area contributed by atoms with E-state index >= 15 is 0 Å². The topological polar surface area (TPSA) is 77.5 Å². The number of rotatable bonds is 2. The van der Waals surface area contributed by atoms with Gasteiger partial charge in [-0.25, -0.2) is 4.98 Å². The molecule has 2 aromatic heterocycles. The van der Waals surface area contributed by atoms with Crippen LogP contribution in [0.3, 0.4) is 0 Å². The van der Waals surface area contributed by atoms with Gasteiger partial charge in [0, 0.05) is 12.3 Å². The molecule has 0 saturated carbocycles. The quantitative estimate of drug-likeness (QED) is 0.421. The first kappa shape index (κ1) is 9.32. The van der Waals surface area contributed by atoms with Crippen molar-refractivity contribution < 1.29 is 9.72 Å². The molecule has 2 rings (SSSR count). The number of carbonyl (C=O) groups is 1. The lowest BCUT2D eigenvalue weighted by Gasteiger charge is -1.95. The van der Waals surface area contributed by atoms with Crippen LogP contribution >= 0.6 is 0 Å². The van der Waals surface area contributed by atoms with E-state index in [9.17, 15) is 14.9 Å². The van der Waals surface area contributed by atoms with Crippen molar-refractivity contribution in [1.29, 1.82) is 0 Å². The van der Waals surface area contributed by atoms with Crippen LogP contribution in [0.25, 0.3) is 5.65 Å². The second-order valence-corrected chi connectivity index (χ2v) is 3.04. The summed E-state index contributed by atoms with van der Waals surface area (Å²) in [6.07, 6.45) is 2.21. The van der Waals surface area contributed by atoms with Crippen LogP contribution in [0.4, 0.5) is 5.69 Å². The molecule has 6 nitrogen and oxygen atoms in total. The van der Waals surface area contributed by atoms with Crippen LogP contribution in [0.1, 0.15) is 16.2 Å². The highest BCUT2D eigenvalue weighted by molar-refractivity contribution is 5.78. The number of imidazole rings is 1. The molecule has 6 heteroatoms. The molecule has 0 bridgehead atoms. The number of aryl methyl sites for hydroxylation is 1. The summed E-state index contributed by atoms with van der Waals surface area (Å²) in [5.41, 5.74) is 0.920. The Morgan fingerprint density at radius 3 is 2.93 bits per heavy atom. The third-order valence-corrected chi connectivity index (χ3v) is 2.16. The molecule has 0 saturated heterocycles. The van der Waals surface area contributed by atoms with E-state index in [4.69, 9.17) is 0 Å². The molecule has 0 fully saturated rings. The minimum Gasteiger partial charge on any atom is -0.296 e. The number of hydrogen-bond acceptors (Lipinski definition) is 4. The van der Waals surface area contributed by atoms with Gasteiger partial charge in [-0.05, 0) is 13.0 Å². The SMILES string of the molecule is Cc1nc2c([N+](=O)[O-])cccn2c1C=O. The van der Waals surface area contributed by atoms with Crippen molar-refractivity contribution in [2.24, 2.45) is 0 Å². The van der Waals surface area contributed by atoms with Crippen molar-refractivity contribution in [3.63, 3.8) is 0 Å². The average molecular weight is 205 g/mol. The summed E-state index contributed by atoms with van der Waals surface area (Å²) in [4.78, 5) is 24.9. The summed E-state index contributed by atoms with van der Waals surface area (Å²) in [5, 5.41) is 10.7. The number of nitrogens with zero attached hydrogens (tertiary/aromatic N) is 3. The maximum atomic E-state index is 10.8. The zero-order valence-corrected chi connectivity index (χ0v) is 7.88. The molecular formula is C9H7N3O3. The molecule has 0 atom stereocenters. The van der Waals surface area contributed by atoms with Gasteiger partial charge in [-0.15, -0.1) is 0 Å². The van der Waals surface area contributed by atoms with Crippen LogP contribution in [0.15, 0.2) is 18.3 Å². The Labute approximate surface area is 84.3 Å². The second-order valence-electron chi connectivity index (χ2n) is 3.04. The van der Waals surface area contributed by atoms with E-state index in [1.807, 2.05) is 0 Å². The fourth-order valence-electron chi connectivity index (χ4n) is 1.47. The molecule has 2 heterocycles. The van der Waals surface area contributed by atoms with Gasteiger partial charge in [0.05, 0.1) is 10.6 Å². The number of pyridine rings is 1. The molecule has 0 aliphatic rings. The number of carbonyl (C=O) groups excluding carboxylic acids is 1. The minimum atomic E-state index is -0.518. The third-order valence-electron chi connectivity index (χ3n) is 2.16. The van der Waals surface area contributed by atoms with Gasteiger partial charge in [0.15, 0.2) is 6.29 Å². The zero-order valence-electron chi connectivity index (χ0n) is 7.88. The first-order valence-corrected chi connectivity index (χ1v) is 4.22. The van der Waals surface area contributed by atoms with Crippen molar-refractivity contribution in [3.8, 4) is 0 Å². The Hall–Kier alpha value is -2.24. The molecule has 0 N–H and O–H groups in total. The molecule has 2 aromatic rings. The maximum Gasteiger partial charge on any atom is 0.312 e. The van der Waals surface area contributed by atoms with E-state index in [1.54, 1.807) is 13.1 Å². The normalized spacial score (nSPS) is 10.5. The molecule has 0 amide bonds. The highest BCUT2D eigenvalue weighted by Gasteiger charge is 2.17. The van der Waals surface area contributed by atoms with E-state index in [0.29, 0.717) is 17.7 Å². The molecule has 0 aromatic carbocycles. The fraction of sp³-hybridized carbons (Fsp3) is 0.111.